The van der Waals surface area contributed by atoms with Gasteiger partial charge in [-0.15, -0.1) is 5.10 Å². The molecule has 13 nitrogen and oxygen atoms in total. The van der Waals surface area contributed by atoms with E-state index in [1.165, 1.54) is 4.68 Å². The smallest absolute Gasteiger partial charge is 0.334 e. The van der Waals surface area contributed by atoms with E-state index in [1.807, 2.05) is 64.4 Å². The molecule has 4 amide bonds. The molecule has 4 aromatic rings. The third-order valence-corrected chi connectivity index (χ3v) is 7.08. The van der Waals surface area contributed by atoms with Gasteiger partial charge in [-0.25, -0.2) is 19.5 Å². The van der Waals surface area contributed by atoms with Gasteiger partial charge in [0, 0.05) is 31.2 Å². The van der Waals surface area contributed by atoms with Crippen LogP contribution in [-0.2, 0) is 9.53 Å². The Morgan fingerprint density at radius 2 is 1.74 bits per heavy atom. The van der Waals surface area contributed by atoms with Crippen molar-refractivity contribution in [3.63, 3.8) is 0 Å². The fourth-order valence-electron chi connectivity index (χ4n) is 5.03. The number of amides is 4. The lowest BCUT2D eigenvalue weighted by atomic mass is 10.2. The molecule has 214 valence electrons. The molecule has 42 heavy (non-hydrogen) atoms. The maximum atomic E-state index is 13.8. The topological polar surface area (TPSA) is 151 Å². The SMILES string of the molecule is NC(=O)N(NC(=O)c1cn(-c2ccccn2)nc1N1CCOCC1)[C@H]1CN(c2ccccc2)c2ccccc2NC1=O. The summed E-state index contributed by atoms with van der Waals surface area (Å²) in [7, 11) is 0. The second-order valence-electron chi connectivity index (χ2n) is 9.72. The number of hydrazine groups is 1. The van der Waals surface area contributed by atoms with Gasteiger partial charge in [0.2, 0.25) is 0 Å². The Balaban J connectivity index is 1.34. The summed E-state index contributed by atoms with van der Waals surface area (Å²) in [4.78, 5) is 48.4. The molecule has 2 aliphatic heterocycles. The largest absolute Gasteiger partial charge is 0.378 e. The van der Waals surface area contributed by atoms with E-state index in [-0.39, 0.29) is 12.1 Å². The number of para-hydroxylation sites is 3. The Morgan fingerprint density at radius 1 is 1.00 bits per heavy atom. The van der Waals surface area contributed by atoms with Crippen LogP contribution in [0.1, 0.15) is 10.4 Å². The molecule has 1 fully saturated rings. The van der Waals surface area contributed by atoms with Crippen molar-refractivity contribution in [2.24, 2.45) is 5.73 Å². The first-order valence-electron chi connectivity index (χ1n) is 13.5. The zero-order valence-corrected chi connectivity index (χ0v) is 22.6. The van der Waals surface area contributed by atoms with Gasteiger partial charge in [-0.1, -0.05) is 36.4 Å². The lowest BCUT2D eigenvalue weighted by Crippen LogP contribution is -2.60. The van der Waals surface area contributed by atoms with Gasteiger partial charge >= 0.3 is 6.03 Å². The van der Waals surface area contributed by atoms with E-state index in [9.17, 15) is 14.4 Å². The summed E-state index contributed by atoms with van der Waals surface area (Å²) in [6.45, 7) is 2.02. The molecule has 0 saturated carbocycles. The van der Waals surface area contributed by atoms with E-state index in [0.29, 0.717) is 43.6 Å². The number of rotatable bonds is 5. The zero-order valence-electron chi connectivity index (χ0n) is 22.6. The number of benzene rings is 2. The van der Waals surface area contributed by atoms with Crippen molar-refractivity contribution >= 4 is 40.7 Å². The summed E-state index contributed by atoms with van der Waals surface area (Å²) >= 11 is 0. The van der Waals surface area contributed by atoms with Gasteiger partial charge in [0.1, 0.15) is 5.56 Å². The molecular weight excluding hydrogens is 538 g/mol. The van der Waals surface area contributed by atoms with Crippen LogP contribution < -0.4 is 26.3 Å². The quantitative estimate of drug-likeness (QED) is 0.311. The van der Waals surface area contributed by atoms with Crippen LogP contribution >= 0.6 is 0 Å². The van der Waals surface area contributed by atoms with Crippen molar-refractivity contribution in [3.8, 4) is 5.82 Å². The molecule has 2 aromatic carbocycles. The molecule has 2 aliphatic rings. The van der Waals surface area contributed by atoms with Crippen LogP contribution in [0.15, 0.2) is 85.2 Å². The van der Waals surface area contributed by atoms with Crippen LogP contribution in [0.25, 0.3) is 5.82 Å². The number of urea groups is 1. The van der Waals surface area contributed by atoms with Crippen LogP contribution in [0.3, 0.4) is 0 Å². The van der Waals surface area contributed by atoms with Gasteiger partial charge < -0.3 is 25.6 Å². The number of hydrogen-bond donors (Lipinski definition) is 3. The first kappa shape index (κ1) is 26.8. The molecule has 0 unspecified atom stereocenters. The molecule has 0 spiro atoms. The fraction of sp³-hybridized carbons (Fsp3) is 0.207. The highest BCUT2D eigenvalue weighted by molar-refractivity contribution is 6.04. The number of hydrogen-bond acceptors (Lipinski definition) is 8. The summed E-state index contributed by atoms with van der Waals surface area (Å²) in [5.41, 5.74) is 10.7. The van der Waals surface area contributed by atoms with Crippen molar-refractivity contribution in [1.29, 1.82) is 0 Å². The zero-order chi connectivity index (χ0) is 29.1. The third-order valence-electron chi connectivity index (χ3n) is 7.08. The van der Waals surface area contributed by atoms with E-state index in [4.69, 9.17) is 10.5 Å². The van der Waals surface area contributed by atoms with Crippen LogP contribution in [0.4, 0.5) is 27.7 Å². The first-order valence-corrected chi connectivity index (χ1v) is 13.5. The van der Waals surface area contributed by atoms with Gasteiger partial charge in [-0.3, -0.25) is 15.0 Å². The Labute approximate surface area is 241 Å². The molecule has 4 heterocycles. The van der Waals surface area contributed by atoms with Gasteiger partial charge in [0.15, 0.2) is 17.7 Å². The lowest BCUT2D eigenvalue weighted by Gasteiger charge is -2.32. The highest BCUT2D eigenvalue weighted by atomic mass is 16.5. The van der Waals surface area contributed by atoms with E-state index < -0.39 is 23.9 Å². The Bertz CT molecular complexity index is 1590. The molecule has 13 heteroatoms. The van der Waals surface area contributed by atoms with E-state index in [2.05, 4.69) is 20.8 Å². The number of carbonyl (C=O) groups excluding carboxylic acids is 3. The van der Waals surface area contributed by atoms with Gasteiger partial charge in [0.25, 0.3) is 11.8 Å². The first-order chi connectivity index (χ1) is 20.5. The number of nitrogens with zero attached hydrogens (tertiary/aromatic N) is 6. The second kappa shape index (κ2) is 11.6. The number of nitrogens with two attached hydrogens (primary N) is 1. The van der Waals surface area contributed by atoms with Crippen molar-refractivity contribution in [3.05, 3.63) is 90.8 Å². The summed E-state index contributed by atoms with van der Waals surface area (Å²) in [6.07, 6.45) is 3.17. The second-order valence-corrected chi connectivity index (χ2v) is 9.72. The number of morpholine rings is 1. The van der Waals surface area contributed by atoms with Crippen LogP contribution in [0.2, 0.25) is 0 Å². The van der Waals surface area contributed by atoms with Crippen molar-refractivity contribution in [1.82, 2.24) is 25.2 Å². The highest BCUT2D eigenvalue weighted by Crippen LogP contribution is 2.35. The van der Waals surface area contributed by atoms with Crippen LogP contribution in [-0.4, -0.2) is 76.5 Å². The average molecular weight is 568 g/mol. The minimum absolute atomic E-state index is 0.0274. The number of pyridine rings is 1. The van der Waals surface area contributed by atoms with Crippen LogP contribution in [0.5, 0.6) is 0 Å². The van der Waals surface area contributed by atoms with Crippen LogP contribution in [0, 0.1) is 0 Å². The lowest BCUT2D eigenvalue weighted by molar-refractivity contribution is -0.120. The van der Waals surface area contributed by atoms with E-state index in [0.717, 1.165) is 16.4 Å². The maximum absolute atomic E-state index is 13.8. The Morgan fingerprint density at radius 3 is 2.48 bits per heavy atom. The molecule has 2 aromatic heterocycles. The van der Waals surface area contributed by atoms with Crippen molar-refractivity contribution in [2.45, 2.75) is 6.04 Å². The van der Waals surface area contributed by atoms with Crippen molar-refractivity contribution in [2.75, 3.05) is 48.0 Å². The number of anilines is 4. The summed E-state index contributed by atoms with van der Waals surface area (Å²) in [5, 5.41) is 8.40. The minimum atomic E-state index is -1.17. The Kier molecular flexibility index (Phi) is 7.39. The highest BCUT2D eigenvalue weighted by Gasteiger charge is 2.37. The monoisotopic (exact) mass is 567 g/mol. The number of primary amides is 1. The normalized spacial score (nSPS) is 16.7. The molecule has 6 rings (SSSR count). The van der Waals surface area contributed by atoms with Gasteiger partial charge in [-0.2, -0.15) is 0 Å². The minimum Gasteiger partial charge on any atom is -0.378 e. The van der Waals surface area contributed by atoms with Gasteiger partial charge in [-0.05, 0) is 36.4 Å². The number of ether oxygens (including phenoxy) is 1. The van der Waals surface area contributed by atoms with E-state index in [1.54, 1.807) is 30.6 Å². The molecule has 0 aliphatic carbocycles. The predicted octanol–water partition coefficient (Wildman–Crippen LogP) is 2.29. The molecular formula is C29H29N9O4. The fourth-order valence-corrected chi connectivity index (χ4v) is 5.03. The molecule has 0 radical (unpaired) electrons. The number of aromatic nitrogens is 3. The number of fused-ring (bicyclic) bond motifs is 1. The number of nitrogens with one attached hydrogen (secondary N) is 2. The maximum Gasteiger partial charge on any atom is 0.334 e. The summed E-state index contributed by atoms with van der Waals surface area (Å²) in [6, 6.07) is 20.0. The average Bonchev–Trinajstić information content (AvgIpc) is 3.42. The van der Waals surface area contributed by atoms with E-state index >= 15 is 0 Å². The molecule has 1 saturated heterocycles. The standard InChI is InChI=1S/C29H29N9O4/c30-29(41)38(24-19-36(20-8-2-1-3-9-20)23-11-5-4-10-22(23)32-28(24)40)34-27(39)21-18-37(25-12-6-7-13-31-25)33-26(21)35-14-16-42-17-15-35/h1-13,18,24H,14-17,19H2,(H2,30,41)(H,32,40)(H,34,39)/t24-/m0/s1. The van der Waals surface area contributed by atoms with Gasteiger partial charge in [0.05, 0.1) is 31.1 Å². The molecule has 0 bridgehead atoms. The summed E-state index contributed by atoms with van der Waals surface area (Å²) in [5.74, 6) is -0.248. The summed E-state index contributed by atoms with van der Waals surface area (Å²) < 4.78 is 6.98. The number of carbonyl (C=O) groups is 3. The predicted molar refractivity (Wildman–Crippen MR) is 156 cm³/mol. The molecule has 1 atom stereocenters. The molecule has 4 N–H and O–H groups in total. The Hall–Kier alpha value is -5.43. The third kappa shape index (κ3) is 5.32. The van der Waals surface area contributed by atoms with Crippen molar-refractivity contribution < 1.29 is 19.1 Å².